The van der Waals surface area contributed by atoms with E-state index in [0.717, 1.165) is 4.90 Å². The second-order valence-electron chi connectivity index (χ2n) is 6.48. The Morgan fingerprint density at radius 3 is 2.48 bits per heavy atom. The van der Waals surface area contributed by atoms with Crippen molar-refractivity contribution in [2.75, 3.05) is 11.4 Å². The Morgan fingerprint density at radius 1 is 1.14 bits per heavy atom. The fourth-order valence-corrected chi connectivity index (χ4v) is 3.98. The van der Waals surface area contributed by atoms with Gasteiger partial charge >= 0.3 is 12.0 Å². The lowest BCUT2D eigenvalue weighted by atomic mass is 10.1. The van der Waals surface area contributed by atoms with Crippen LogP contribution in [0.3, 0.4) is 0 Å². The van der Waals surface area contributed by atoms with Gasteiger partial charge in [-0.2, -0.15) is 0 Å². The monoisotopic (exact) mass is 433 g/mol. The number of aromatic carboxylic acids is 1. The molecule has 3 aromatic rings. The summed E-state index contributed by atoms with van der Waals surface area (Å²) in [7, 11) is 0. The fourth-order valence-electron chi connectivity index (χ4n) is 3.37. The van der Waals surface area contributed by atoms with Crippen LogP contribution in [0.25, 0.3) is 10.9 Å². The summed E-state index contributed by atoms with van der Waals surface area (Å²) < 4.78 is 0. The molecular weight excluding hydrogens is 421 g/mol. The van der Waals surface area contributed by atoms with Crippen LogP contribution in [0.15, 0.2) is 36.4 Å². The van der Waals surface area contributed by atoms with Crippen LogP contribution in [-0.4, -0.2) is 44.5 Å². The Hall–Kier alpha value is -3.23. The topological polar surface area (TPSA) is 114 Å². The fraction of sp³-hybridized carbons (Fsp3) is 0.105. The molecule has 0 saturated carbocycles. The van der Waals surface area contributed by atoms with Crippen molar-refractivity contribution >= 4 is 57.7 Å². The number of halogens is 2. The Bertz CT molecular complexity index is 1170. The van der Waals surface area contributed by atoms with E-state index in [1.54, 1.807) is 6.07 Å². The summed E-state index contributed by atoms with van der Waals surface area (Å²) in [5.74, 6) is -1.69. The summed E-state index contributed by atoms with van der Waals surface area (Å²) in [5.41, 5.74) is 0.876. The SMILES string of the molecule is O=C(O)c1[nH]c2cc(Cl)cc(Cl)c2c1CN1CC(=O)N(c2ccc(O)cc2)C1=O. The van der Waals surface area contributed by atoms with Gasteiger partial charge in [-0.25, -0.2) is 14.5 Å². The standard InChI is InChI=1S/C19H13Cl2N3O5/c20-9-5-13(21)16-12(17(18(27)28)22-14(16)6-9)7-23-8-15(26)24(19(23)29)10-1-3-11(25)4-2-10/h1-6,22,25H,7-8H2,(H,27,28). The predicted molar refractivity (Wildman–Crippen MR) is 107 cm³/mol. The van der Waals surface area contributed by atoms with Crippen molar-refractivity contribution in [3.05, 3.63) is 57.7 Å². The lowest BCUT2D eigenvalue weighted by Gasteiger charge is -2.17. The number of fused-ring (bicyclic) bond motifs is 1. The molecule has 2 aromatic carbocycles. The molecule has 1 saturated heterocycles. The number of benzene rings is 2. The molecule has 1 aromatic heterocycles. The number of phenols is 1. The number of aromatic amines is 1. The van der Waals surface area contributed by atoms with Crippen molar-refractivity contribution in [1.29, 1.82) is 0 Å². The maximum atomic E-state index is 12.8. The van der Waals surface area contributed by atoms with Crippen LogP contribution in [0, 0.1) is 0 Å². The van der Waals surface area contributed by atoms with Crippen molar-refractivity contribution in [3.63, 3.8) is 0 Å². The van der Waals surface area contributed by atoms with Crippen molar-refractivity contribution in [3.8, 4) is 5.75 Å². The molecule has 1 fully saturated rings. The number of urea groups is 1. The number of imide groups is 1. The number of rotatable bonds is 4. The normalized spacial score (nSPS) is 14.3. The van der Waals surface area contributed by atoms with Crippen LogP contribution in [-0.2, 0) is 11.3 Å². The van der Waals surface area contributed by atoms with E-state index in [0.29, 0.717) is 21.6 Å². The highest BCUT2D eigenvalue weighted by atomic mass is 35.5. The van der Waals surface area contributed by atoms with Gasteiger partial charge in [0.2, 0.25) is 0 Å². The maximum Gasteiger partial charge on any atom is 0.352 e. The molecule has 0 spiro atoms. The molecule has 1 aliphatic heterocycles. The van der Waals surface area contributed by atoms with Gasteiger partial charge < -0.3 is 20.1 Å². The minimum Gasteiger partial charge on any atom is -0.508 e. The number of amides is 3. The van der Waals surface area contributed by atoms with Crippen molar-refractivity contribution < 1.29 is 24.6 Å². The van der Waals surface area contributed by atoms with E-state index >= 15 is 0 Å². The average Bonchev–Trinajstić information content (AvgIpc) is 3.14. The van der Waals surface area contributed by atoms with Gasteiger partial charge in [0.1, 0.15) is 18.0 Å². The summed E-state index contributed by atoms with van der Waals surface area (Å²) in [5, 5.41) is 20.0. The molecule has 148 valence electrons. The lowest BCUT2D eigenvalue weighted by molar-refractivity contribution is -0.116. The minimum atomic E-state index is -1.23. The third-order valence-electron chi connectivity index (χ3n) is 4.63. The Kier molecular flexibility index (Phi) is 4.60. The van der Waals surface area contributed by atoms with E-state index in [1.807, 2.05) is 0 Å². The van der Waals surface area contributed by atoms with Crippen LogP contribution in [0.4, 0.5) is 10.5 Å². The third-order valence-corrected chi connectivity index (χ3v) is 5.14. The quantitative estimate of drug-likeness (QED) is 0.540. The first-order valence-electron chi connectivity index (χ1n) is 8.40. The highest BCUT2D eigenvalue weighted by molar-refractivity contribution is 6.39. The number of aromatic hydroxyl groups is 1. The van der Waals surface area contributed by atoms with E-state index in [2.05, 4.69) is 4.98 Å². The first-order valence-corrected chi connectivity index (χ1v) is 9.15. The van der Waals surface area contributed by atoms with Crippen LogP contribution >= 0.6 is 23.2 Å². The molecule has 0 bridgehead atoms. The molecule has 29 heavy (non-hydrogen) atoms. The number of nitrogens with zero attached hydrogens (tertiary/aromatic N) is 2. The number of phenolic OH excluding ortho intramolecular Hbond substituents is 1. The zero-order chi connectivity index (χ0) is 20.9. The van der Waals surface area contributed by atoms with E-state index in [1.165, 1.54) is 35.2 Å². The van der Waals surface area contributed by atoms with Gasteiger partial charge in [-0.3, -0.25) is 4.79 Å². The number of carboxylic acid groups (broad SMARTS) is 1. The summed E-state index contributed by atoms with van der Waals surface area (Å²) in [4.78, 5) is 42.0. The highest BCUT2D eigenvalue weighted by Gasteiger charge is 2.38. The zero-order valence-electron chi connectivity index (χ0n) is 14.6. The molecule has 1 aliphatic rings. The van der Waals surface area contributed by atoms with E-state index in [4.69, 9.17) is 23.2 Å². The predicted octanol–water partition coefficient (Wildman–Crippen LogP) is 3.85. The third kappa shape index (κ3) is 3.26. The average molecular weight is 434 g/mol. The molecule has 3 N–H and O–H groups in total. The second kappa shape index (κ2) is 6.98. The van der Waals surface area contributed by atoms with Gasteiger partial charge in [0.05, 0.1) is 17.3 Å². The number of carbonyl (C=O) groups excluding carboxylic acids is 2. The lowest BCUT2D eigenvalue weighted by Crippen LogP contribution is -2.33. The Balaban J connectivity index is 1.73. The van der Waals surface area contributed by atoms with Gasteiger partial charge in [0.15, 0.2) is 0 Å². The van der Waals surface area contributed by atoms with Gasteiger partial charge in [-0.05, 0) is 36.4 Å². The van der Waals surface area contributed by atoms with E-state index in [9.17, 15) is 24.6 Å². The van der Waals surface area contributed by atoms with Crippen molar-refractivity contribution in [2.24, 2.45) is 0 Å². The summed E-state index contributed by atoms with van der Waals surface area (Å²) in [6.45, 7) is -0.362. The van der Waals surface area contributed by atoms with Crippen LogP contribution < -0.4 is 4.90 Å². The number of hydrogen-bond donors (Lipinski definition) is 3. The molecule has 0 radical (unpaired) electrons. The van der Waals surface area contributed by atoms with Crippen LogP contribution in [0.2, 0.25) is 10.0 Å². The summed E-state index contributed by atoms with van der Waals surface area (Å²) in [6, 6.07) is 8.04. The molecule has 2 heterocycles. The molecule has 10 heteroatoms. The smallest absolute Gasteiger partial charge is 0.352 e. The second-order valence-corrected chi connectivity index (χ2v) is 7.32. The van der Waals surface area contributed by atoms with Crippen molar-refractivity contribution in [1.82, 2.24) is 9.88 Å². The number of anilines is 1. The van der Waals surface area contributed by atoms with Gasteiger partial charge in [0, 0.05) is 21.5 Å². The largest absolute Gasteiger partial charge is 0.508 e. The number of H-pyrrole nitrogens is 1. The number of carboxylic acids is 1. The van der Waals surface area contributed by atoms with Gasteiger partial charge in [-0.15, -0.1) is 0 Å². The zero-order valence-corrected chi connectivity index (χ0v) is 16.2. The molecular formula is C19H13Cl2N3O5. The number of aromatic nitrogens is 1. The number of carbonyl (C=O) groups is 3. The minimum absolute atomic E-state index is 0.00268. The molecule has 8 nitrogen and oxygen atoms in total. The Labute approximate surface area is 173 Å². The summed E-state index contributed by atoms with van der Waals surface area (Å²) in [6.07, 6.45) is 0. The van der Waals surface area contributed by atoms with Crippen LogP contribution in [0.1, 0.15) is 16.1 Å². The maximum absolute atomic E-state index is 12.8. The molecule has 0 aliphatic carbocycles. The van der Waals surface area contributed by atoms with Gasteiger partial charge in [-0.1, -0.05) is 23.2 Å². The van der Waals surface area contributed by atoms with E-state index in [-0.39, 0.29) is 35.1 Å². The van der Waals surface area contributed by atoms with E-state index < -0.39 is 17.9 Å². The first-order chi connectivity index (χ1) is 13.8. The molecule has 3 amide bonds. The molecule has 0 atom stereocenters. The number of nitrogens with one attached hydrogen (secondary N) is 1. The highest BCUT2D eigenvalue weighted by Crippen LogP contribution is 2.34. The van der Waals surface area contributed by atoms with Gasteiger partial charge in [0.25, 0.3) is 5.91 Å². The first kappa shape index (κ1) is 19.1. The van der Waals surface area contributed by atoms with Crippen LogP contribution in [0.5, 0.6) is 5.75 Å². The molecule has 4 rings (SSSR count). The molecule has 0 unspecified atom stereocenters. The number of hydrogen-bond acceptors (Lipinski definition) is 4. The Morgan fingerprint density at radius 2 is 1.83 bits per heavy atom. The summed E-state index contributed by atoms with van der Waals surface area (Å²) >= 11 is 12.3. The van der Waals surface area contributed by atoms with Crippen molar-refractivity contribution in [2.45, 2.75) is 6.54 Å².